The van der Waals surface area contributed by atoms with Crippen LogP contribution in [-0.4, -0.2) is 5.54 Å². The monoisotopic (exact) mass is 155 g/mol. The Morgan fingerprint density at radius 1 is 1.18 bits per heavy atom. The maximum absolute atomic E-state index is 6.14. The van der Waals surface area contributed by atoms with Crippen LogP contribution in [0.25, 0.3) is 0 Å². The second-order valence-corrected chi connectivity index (χ2v) is 5.51. The Labute approximate surface area is 70.4 Å². The normalized spacial score (nSPS) is 43.9. The van der Waals surface area contributed by atoms with Crippen molar-refractivity contribution in [3.05, 3.63) is 0 Å². The van der Waals surface area contributed by atoms with Crippen LogP contribution >= 0.6 is 0 Å². The molecule has 66 valence electrons. The Hall–Kier alpha value is -0.0400. The van der Waals surface area contributed by atoms with Gasteiger partial charge in [0.1, 0.15) is 0 Å². The molecule has 1 aliphatic carbocycles. The van der Waals surface area contributed by atoms with Crippen molar-refractivity contribution in [3.63, 3.8) is 0 Å². The summed E-state index contributed by atoms with van der Waals surface area (Å²) >= 11 is 0. The fraction of sp³-hybridized carbons (Fsp3) is 1.00. The molecule has 0 aliphatic heterocycles. The quantitative estimate of drug-likeness (QED) is 0.571. The summed E-state index contributed by atoms with van der Waals surface area (Å²) in [6.07, 6.45) is 3.70. The minimum absolute atomic E-state index is 0.0845. The van der Waals surface area contributed by atoms with E-state index in [1.54, 1.807) is 0 Å². The Morgan fingerprint density at radius 2 is 1.73 bits per heavy atom. The lowest BCUT2D eigenvalue weighted by molar-refractivity contribution is 0.119. The smallest absolute Gasteiger partial charge is 0.0133 e. The summed E-state index contributed by atoms with van der Waals surface area (Å²) < 4.78 is 0. The number of nitrogens with two attached hydrogens (primary N) is 1. The molecule has 11 heavy (non-hydrogen) atoms. The zero-order valence-electron chi connectivity index (χ0n) is 8.28. The molecule has 0 spiro atoms. The van der Waals surface area contributed by atoms with E-state index in [2.05, 4.69) is 27.7 Å². The highest BCUT2D eigenvalue weighted by atomic mass is 14.7. The van der Waals surface area contributed by atoms with Crippen LogP contribution in [0.5, 0.6) is 0 Å². The van der Waals surface area contributed by atoms with E-state index in [0.29, 0.717) is 5.41 Å². The number of rotatable bonds is 0. The Morgan fingerprint density at radius 3 is 2.09 bits per heavy atom. The molecule has 2 unspecified atom stereocenters. The minimum Gasteiger partial charge on any atom is -0.325 e. The second-order valence-electron chi connectivity index (χ2n) is 5.51. The molecule has 1 saturated carbocycles. The highest BCUT2D eigenvalue weighted by Gasteiger charge is 2.36. The van der Waals surface area contributed by atoms with Gasteiger partial charge in [0, 0.05) is 5.54 Å². The van der Waals surface area contributed by atoms with Gasteiger partial charge in [-0.3, -0.25) is 0 Å². The van der Waals surface area contributed by atoms with Gasteiger partial charge in [0.25, 0.3) is 0 Å². The topological polar surface area (TPSA) is 26.0 Å². The summed E-state index contributed by atoms with van der Waals surface area (Å²) in [7, 11) is 0. The molecule has 0 aromatic heterocycles. The molecule has 0 amide bonds. The third-order valence-electron chi connectivity index (χ3n) is 2.60. The molecule has 0 bridgehead atoms. The maximum Gasteiger partial charge on any atom is 0.0133 e. The molecular formula is C10H21N. The molecule has 0 heterocycles. The predicted molar refractivity (Wildman–Crippen MR) is 49.4 cm³/mol. The van der Waals surface area contributed by atoms with Crippen LogP contribution in [0.15, 0.2) is 0 Å². The summed E-state index contributed by atoms with van der Waals surface area (Å²) in [4.78, 5) is 0. The fourth-order valence-electron chi connectivity index (χ4n) is 3.05. The lowest BCUT2D eigenvalue weighted by atomic mass is 9.65. The Kier molecular flexibility index (Phi) is 2.04. The lowest BCUT2D eigenvalue weighted by Gasteiger charge is -2.43. The van der Waals surface area contributed by atoms with Crippen LogP contribution in [0, 0.1) is 11.3 Å². The zero-order valence-corrected chi connectivity index (χ0v) is 8.28. The van der Waals surface area contributed by atoms with Crippen LogP contribution in [0.2, 0.25) is 0 Å². The molecule has 1 aliphatic rings. The van der Waals surface area contributed by atoms with E-state index in [-0.39, 0.29) is 5.54 Å². The highest BCUT2D eigenvalue weighted by molar-refractivity contribution is 4.93. The molecular weight excluding hydrogens is 134 g/mol. The third kappa shape index (κ3) is 2.48. The van der Waals surface area contributed by atoms with E-state index in [0.717, 1.165) is 5.92 Å². The lowest BCUT2D eigenvalue weighted by Crippen LogP contribution is -2.46. The average molecular weight is 155 g/mol. The third-order valence-corrected chi connectivity index (χ3v) is 2.60. The first kappa shape index (κ1) is 9.05. The molecule has 0 radical (unpaired) electrons. The van der Waals surface area contributed by atoms with Crippen LogP contribution in [0.3, 0.4) is 0 Å². The second kappa shape index (κ2) is 2.48. The van der Waals surface area contributed by atoms with Gasteiger partial charge in [-0.05, 0) is 37.5 Å². The fourth-order valence-corrected chi connectivity index (χ4v) is 3.05. The summed E-state index contributed by atoms with van der Waals surface area (Å²) in [6, 6.07) is 0. The molecule has 0 aromatic carbocycles. The first-order chi connectivity index (χ1) is 4.81. The SMILES string of the molecule is CC1CC(C)(C)CC(C)(N)C1. The van der Waals surface area contributed by atoms with Gasteiger partial charge in [0.15, 0.2) is 0 Å². The van der Waals surface area contributed by atoms with Crippen LogP contribution in [0.1, 0.15) is 47.0 Å². The minimum atomic E-state index is 0.0845. The van der Waals surface area contributed by atoms with Crippen molar-refractivity contribution in [1.82, 2.24) is 0 Å². The van der Waals surface area contributed by atoms with E-state index in [4.69, 9.17) is 5.73 Å². The van der Waals surface area contributed by atoms with Crippen molar-refractivity contribution in [2.75, 3.05) is 0 Å². The maximum atomic E-state index is 6.14. The number of hydrogen-bond acceptors (Lipinski definition) is 1. The molecule has 1 heteroatoms. The molecule has 1 fully saturated rings. The van der Waals surface area contributed by atoms with E-state index >= 15 is 0 Å². The van der Waals surface area contributed by atoms with Gasteiger partial charge in [0.05, 0.1) is 0 Å². The van der Waals surface area contributed by atoms with Gasteiger partial charge in [0.2, 0.25) is 0 Å². The number of hydrogen-bond donors (Lipinski definition) is 1. The standard InChI is InChI=1S/C10H21N/c1-8-5-9(2,3)7-10(4,11)6-8/h8H,5-7,11H2,1-4H3. The van der Waals surface area contributed by atoms with Crippen molar-refractivity contribution in [2.24, 2.45) is 17.1 Å². The molecule has 0 aromatic rings. The van der Waals surface area contributed by atoms with Gasteiger partial charge >= 0.3 is 0 Å². The van der Waals surface area contributed by atoms with E-state index in [1.807, 2.05) is 0 Å². The van der Waals surface area contributed by atoms with Crippen molar-refractivity contribution < 1.29 is 0 Å². The zero-order chi connectivity index (χ0) is 8.70. The van der Waals surface area contributed by atoms with Crippen molar-refractivity contribution in [1.29, 1.82) is 0 Å². The summed E-state index contributed by atoms with van der Waals surface area (Å²) in [6.45, 7) is 9.15. The van der Waals surface area contributed by atoms with Crippen molar-refractivity contribution >= 4 is 0 Å². The van der Waals surface area contributed by atoms with Crippen molar-refractivity contribution in [3.8, 4) is 0 Å². The van der Waals surface area contributed by atoms with Gasteiger partial charge in [-0.15, -0.1) is 0 Å². The van der Waals surface area contributed by atoms with Crippen molar-refractivity contribution in [2.45, 2.75) is 52.5 Å². The van der Waals surface area contributed by atoms with E-state index in [1.165, 1.54) is 19.3 Å². The molecule has 2 atom stereocenters. The molecule has 2 N–H and O–H groups in total. The largest absolute Gasteiger partial charge is 0.325 e. The van der Waals surface area contributed by atoms with E-state index in [9.17, 15) is 0 Å². The summed E-state index contributed by atoms with van der Waals surface area (Å²) in [5.41, 5.74) is 6.69. The molecule has 1 rings (SSSR count). The molecule has 0 saturated heterocycles. The van der Waals surface area contributed by atoms with Gasteiger partial charge in [-0.25, -0.2) is 0 Å². The summed E-state index contributed by atoms with van der Waals surface area (Å²) in [5.74, 6) is 0.800. The first-order valence-electron chi connectivity index (χ1n) is 4.60. The van der Waals surface area contributed by atoms with Crippen LogP contribution < -0.4 is 5.73 Å². The van der Waals surface area contributed by atoms with E-state index < -0.39 is 0 Å². The summed E-state index contributed by atoms with van der Waals surface area (Å²) in [5, 5.41) is 0. The highest BCUT2D eigenvalue weighted by Crippen LogP contribution is 2.42. The Balaban J connectivity index is 2.66. The van der Waals surface area contributed by atoms with Gasteiger partial charge in [-0.2, -0.15) is 0 Å². The van der Waals surface area contributed by atoms with Crippen LogP contribution in [-0.2, 0) is 0 Å². The van der Waals surface area contributed by atoms with Gasteiger partial charge in [-0.1, -0.05) is 20.8 Å². The molecule has 1 nitrogen and oxygen atoms in total. The van der Waals surface area contributed by atoms with Crippen LogP contribution in [0.4, 0.5) is 0 Å². The Bertz CT molecular complexity index is 131. The van der Waals surface area contributed by atoms with Gasteiger partial charge < -0.3 is 5.73 Å². The average Bonchev–Trinajstić information content (AvgIpc) is 1.49. The first-order valence-corrected chi connectivity index (χ1v) is 4.60. The predicted octanol–water partition coefficient (Wildman–Crippen LogP) is 2.55.